The third-order valence-corrected chi connectivity index (χ3v) is 6.13. The topological polar surface area (TPSA) is 97.6 Å². The summed E-state index contributed by atoms with van der Waals surface area (Å²) in [4.78, 5) is 21.9. The molecule has 0 bridgehead atoms. The molecule has 33 heavy (non-hydrogen) atoms. The number of nitrogens with one attached hydrogen (secondary N) is 2. The van der Waals surface area contributed by atoms with Gasteiger partial charge in [0.15, 0.2) is 5.82 Å². The van der Waals surface area contributed by atoms with Gasteiger partial charge >= 0.3 is 0 Å². The van der Waals surface area contributed by atoms with E-state index < -0.39 is 0 Å². The number of aromatic nitrogens is 5. The molecule has 0 spiro atoms. The summed E-state index contributed by atoms with van der Waals surface area (Å²) in [5.41, 5.74) is 6.22. The van der Waals surface area contributed by atoms with Crippen LogP contribution in [-0.2, 0) is 13.0 Å². The average molecular weight is 438 g/mol. The number of nitrogens with zero attached hydrogens (tertiary/aromatic N) is 5. The fourth-order valence-corrected chi connectivity index (χ4v) is 4.24. The fraction of sp³-hybridized carbons (Fsp3) is 0.240. The number of carbonyl (C=O) groups excluding carboxylic acids is 1. The number of carbonyl (C=O) groups is 1. The zero-order valence-electron chi connectivity index (χ0n) is 18.0. The van der Waals surface area contributed by atoms with Crippen molar-refractivity contribution in [2.75, 3.05) is 11.9 Å². The molecule has 1 amide bonds. The molecule has 1 aromatic carbocycles. The van der Waals surface area contributed by atoms with E-state index in [1.807, 2.05) is 42.6 Å². The first-order valence-corrected chi connectivity index (χ1v) is 11.2. The Morgan fingerprint density at radius 1 is 1.06 bits per heavy atom. The van der Waals surface area contributed by atoms with Crippen molar-refractivity contribution in [3.05, 3.63) is 78.1 Å². The standard InChI is InChI=1S/C25H23N7O/c33-25(30-20-3-1-2-17(11-20)24-31-29-15-32(24)21-4-5-21)23-12-16(6-9-27-23)18-10-19-13-26-8-7-22(19)28-14-18/h1-3,6,9-12,14-15,21,26H,4-5,7-8,13H2,(H,30,33). The minimum atomic E-state index is -0.259. The van der Waals surface area contributed by atoms with E-state index in [-0.39, 0.29) is 5.91 Å². The van der Waals surface area contributed by atoms with Crippen molar-refractivity contribution in [3.8, 4) is 22.5 Å². The normalized spacial score (nSPS) is 15.2. The summed E-state index contributed by atoms with van der Waals surface area (Å²) in [5.74, 6) is 0.563. The number of amides is 1. The van der Waals surface area contributed by atoms with Crippen molar-refractivity contribution in [3.63, 3.8) is 0 Å². The second-order valence-electron chi connectivity index (χ2n) is 8.51. The lowest BCUT2D eigenvalue weighted by atomic mass is 10.0. The highest BCUT2D eigenvalue weighted by Crippen LogP contribution is 2.37. The van der Waals surface area contributed by atoms with E-state index in [1.54, 1.807) is 12.5 Å². The molecule has 1 saturated carbocycles. The van der Waals surface area contributed by atoms with E-state index in [4.69, 9.17) is 0 Å². The third kappa shape index (κ3) is 4.01. The van der Waals surface area contributed by atoms with Gasteiger partial charge in [0, 0.05) is 60.5 Å². The van der Waals surface area contributed by atoms with Gasteiger partial charge in [-0.3, -0.25) is 14.8 Å². The van der Waals surface area contributed by atoms with Crippen molar-refractivity contribution in [1.82, 2.24) is 30.0 Å². The van der Waals surface area contributed by atoms with Crippen LogP contribution >= 0.6 is 0 Å². The van der Waals surface area contributed by atoms with Crippen molar-refractivity contribution in [2.45, 2.75) is 31.8 Å². The second-order valence-corrected chi connectivity index (χ2v) is 8.51. The largest absolute Gasteiger partial charge is 0.321 e. The first kappa shape index (κ1) is 19.8. The maximum atomic E-state index is 13.0. The van der Waals surface area contributed by atoms with Crippen molar-refractivity contribution < 1.29 is 4.79 Å². The molecular weight excluding hydrogens is 414 g/mol. The van der Waals surface area contributed by atoms with Gasteiger partial charge in [0.2, 0.25) is 0 Å². The van der Waals surface area contributed by atoms with Crippen LogP contribution in [0.1, 0.15) is 40.6 Å². The smallest absolute Gasteiger partial charge is 0.274 e. The van der Waals surface area contributed by atoms with E-state index in [2.05, 4.69) is 41.4 Å². The minimum absolute atomic E-state index is 0.259. The van der Waals surface area contributed by atoms with E-state index in [9.17, 15) is 4.79 Å². The maximum absolute atomic E-state index is 13.0. The van der Waals surface area contributed by atoms with Gasteiger partial charge in [0.05, 0.1) is 0 Å². The summed E-state index contributed by atoms with van der Waals surface area (Å²) in [6.45, 7) is 1.78. The van der Waals surface area contributed by atoms with Crippen LogP contribution in [0.5, 0.6) is 0 Å². The Balaban J connectivity index is 1.23. The lowest BCUT2D eigenvalue weighted by Crippen LogP contribution is -2.24. The minimum Gasteiger partial charge on any atom is -0.321 e. The lowest BCUT2D eigenvalue weighted by Gasteiger charge is -2.17. The first-order chi connectivity index (χ1) is 16.2. The molecule has 4 aromatic rings. The number of anilines is 1. The first-order valence-electron chi connectivity index (χ1n) is 11.2. The Labute approximate surface area is 191 Å². The zero-order chi connectivity index (χ0) is 22.2. The predicted molar refractivity (Wildman–Crippen MR) is 125 cm³/mol. The highest BCUT2D eigenvalue weighted by atomic mass is 16.1. The Hall–Kier alpha value is -3.91. The number of rotatable bonds is 5. The monoisotopic (exact) mass is 437 g/mol. The highest BCUT2D eigenvalue weighted by molar-refractivity contribution is 6.03. The fourth-order valence-electron chi connectivity index (χ4n) is 4.24. The van der Waals surface area contributed by atoms with Crippen LogP contribution in [0.15, 0.2) is 61.2 Å². The van der Waals surface area contributed by atoms with Crippen LogP contribution in [0.4, 0.5) is 5.69 Å². The summed E-state index contributed by atoms with van der Waals surface area (Å²) in [6, 6.07) is 14.0. The molecule has 8 nitrogen and oxygen atoms in total. The maximum Gasteiger partial charge on any atom is 0.274 e. The van der Waals surface area contributed by atoms with Gasteiger partial charge in [-0.25, -0.2) is 0 Å². The Kier molecular flexibility index (Phi) is 4.92. The average Bonchev–Trinajstić information content (AvgIpc) is 3.59. The quantitative estimate of drug-likeness (QED) is 0.495. The Bertz CT molecular complexity index is 1340. The molecule has 0 saturated heterocycles. The number of hydrogen-bond acceptors (Lipinski definition) is 6. The van der Waals surface area contributed by atoms with Crippen LogP contribution in [0.25, 0.3) is 22.5 Å². The molecule has 2 aliphatic rings. The molecule has 1 fully saturated rings. The summed E-state index contributed by atoms with van der Waals surface area (Å²) in [6.07, 6.45) is 8.56. The van der Waals surface area contributed by atoms with Gasteiger partial charge in [-0.2, -0.15) is 0 Å². The van der Waals surface area contributed by atoms with Crippen LogP contribution in [0.3, 0.4) is 0 Å². The van der Waals surface area contributed by atoms with Crippen LogP contribution in [0.2, 0.25) is 0 Å². The molecular formula is C25H23N7O. The highest BCUT2D eigenvalue weighted by Gasteiger charge is 2.26. The molecule has 8 heteroatoms. The summed E-state index contributed by atoms with van der Waals surface area (Å²) >= 11 is 0. The molecule has 3 aromatic heterocycles. The zero-order valence-corrected chi connectivity index (χ0v) is 18.0. The molecule has 1 aliphatic heterocycles. The van der Waals surface area contributed by atoms with Crippen molar-refractivity contribution >= 4 is 11.6 Å². The van der Waals surface area contributed by atoms with Gasteiger partial charge in [-0.1, -0.05) is 12.1 Å². The Morgan fingerprint density at radius 3 is 2.91 bits per heavy atom. The third-order valence-electron chi connectivity index (χ3n) is 6.13. The summed E-state index contributed by atoms with van der Waals surface area (Å²) in [7, 11) is 0. The van der Waals surface area contributed by atoms with Gasteiger partial charge in [0.25, 0.3) is 5.91 Å². The predicted octanol–water partition coefficient (Wildman–Crippen LogP) is 3.64. The van der Waals surface area contributed by atoms with Gasteiger partial charge in [-0.05, 0) is 54.3 Å². The van der Waals surface area contributed by atoms with Crippen molar-refractivity contribution in [2.24, 2.45) is 0 Å². The number of hydrogen-bond donors (Lipinski definition) is 2. The molecule has 1 aliphatic carbocycles. The molecule has 164 valence electrons. The molecule has 0 atom stereocenters. The van der Waals surface area contributed by atoms with Gasteiger partial charge < -0.3 is 15.2 Å². The van der Waals surface area contributed by atoms with Crippen LogP contribution < -0.4 is 10.6 Å². The number of benzene rings is 1. The van der Waals surface area contributed by atoms with Gasteiger partial charge in [-0.15, -0.1) is 10.2 Å². The Morgan fingerprint density at radius 2 is 2.00 bits per heavy atom. The second kappa shape index (κ2) is 8.22. The molecule has 0 unspecified atom stereocenters. The molecule has 0 radical (unpaired) electrons. The van der Waals surface area contributed by atoms with Crippen LogP contribution in [-0.4, -0.2) is 37.2 Å². The SMILES string of the molecule is O=C(Nc1cccc(-c2nncn2C2CC2)c1)c1cc(-c2cnc3c(c2)CNCC3)ccn1. The van der Waals surface area contributed by atoms with E-state index in [0.717, 1.165) is 60.6 Å². The van der Waals surface area contributed by atoms with Gasteiger partial charge in [0.1, 0.15) is 12.0 Å². The molecule has 6 rings (SSSR count). The lowest BCUT2D eigenvalue weighted by molar-refractivity contribution is 0.102. The van der Waals surface area contributed by atoms with E-state index >= 15 is 0 Å². The van der Waals surface area contributed by atoms with E-state index in [0.29, 0.717) is 17.4 Å². The molecule has 2 N–H and O–H groups in total. The van der Waals surface area contributed by atoms with Crippen LogP contribution in [0, 0.1) is 0 Å². The summed E-state index contributed by atoms with van der Waals surface area (Å²) < 4.78 is 2.11. The number of pyridine rings is 2. The van der Waals surface area contributed by atoms with Crippen molar-refractivity contribution in [1.29, 1.82) is 0 Å². The van der Waals surface area contributed by atoms with E-state index in [1.165, 1.54) is 5.56 Å². The number of fused-ring (bicyclic) bond motifs is 1. The summed E-state index contributed by atoms with van der Waals surface area (Å²) in [5, 5.41) is 14.7. The molecule has 4 heterocycles.